The Bertz CT molecular complexity index is 308. The fraction of sp³-hybridized carbons (Fsp3) is 0.938. The van der Waals surface area contributed by atoms with Crippen LogP contribution in [-0.4, -0.2) is 25.0 Å². The average molecular weight is 266 g/mol. The Morgan fingerprint density at radius 2 is 2.05 bits per heavy atom. The van der Waals surface area contributed by atoms with Crippen LogP contribution >= 0.6 is 0 Å². The van der Waals surface area contributed by atoms with Gasteiger partial charge in [-0.15, -0.1) is 0 Å². The van der Waals surface area contributed by atoms with Crippen molar-refractivity contribution < 1.29 is 4.79 Å². The van der Waals surface area contributed by atoms with E-state index in [0.717, 1.165) is 19.5 Å². The van der Waals surface area contributed by atoms with Crippen LogP contribution in [0.25, 0.3) is 0 Å². The van der Waals surface area contributed by atoms with E-state index in [9.17, 15) is 4.79 Å². The molecule has 0 spiro atoms. The minimum atomic E-state index is 0.173. The predicted octanol–water partition coefficient (Wildman–Crippen LogP) is 2.71. The molecule has 0 aromatic rings. The smallest absolute Gasteiger partial charge is 0.223 e. The van der Waals surface area contributed by atoms with Gasteiger partial charge in [-0.2, -0.15) is 0 Å². The Morgan fingerprint density at radius 3 is 2.68 bits per heavy atom. The highest BCUT2D eigenvalue weighted by Crippen LogP contribution is 2.40. The van der Waals surface area contributed by atoms with Gasteiger partial charge < -0.3 is 10.6 Å². The highest BCUT2D eigenvalue weighted by Gasteiger charge is 2.37. The summed E-state index contributed by atoms with van der Waals surface area (Å²) in [6.45, 7) is 8.86. The summed E-state index contributed by atoms with van der Waals surface area (Å²) in [5.41, 5.74) is 0.173. The van der Waals surface area contributed by atoms with Gasteiger partial charge in [0.1, 0.15) is 0 Å². The maximum absolute atomic E-state index is 12.5. The zero-order valence-electron chi connectivity index (χ0n) is 12.8. The maximum Gasteiger partial charge on any atom is 0.223 e. The van der Waals surface area contributed by atoms with E-state index in [-0.39, 0.29) is 11.3 Å². The Kier molecular flexibility index (Phi) is 4.88. The van der Waals surface area contributed by atoms with Crippen LogP contribution < -0.4 is 10.6 Å². The maximum atomic E-state index is 12.5. The molecule has 3 heteroatoms. The second-order valence-corrected chi connectivity index (χ2v) is 7.19. The third-order valence-electron chi connectivity index (χ3n) is 5.24. The number of rotatable bonds is 3. The van der Waals surface area contributed by atoms with Gasteiger partial charge in [-0.3, -0.25) is 4.79 Å². The van der Waals surface area contributed by atoms with Crippen molar-refractivity contribution in [3.63, 3.8) is 0 Å². The lowest BCUT2D eigenvalue weighted by atomic mass is 9.68. The standard InChI is InChI=1S/C16H30N2O/c1-12(13-7-6-10-17-11-13)18-15(19)14-8-4-5-9-16(14,2)3/h12-14,17H,4-11H2,1-3H3,(H,18,19). The fourth-order valence-electron chi connectivity index (χ4n) is 3.73. The molecule has 1 saturated carbocycles. The largest absolute Gasteiger partial charge is 0.353 e. The van der Waals surface area contributed by atoms with Gasteiger partial charge in [0.05, 0.1) is 0 Å². The van der Waals surface area contributed by atoms with Gasteiger partial charge >= 0.3 is 0 Å². The Labute approximate surface area is 117 Å². The number of nitrogens with one attached hydrogen (secondary N) is 2. The van der Waals surface area contributed by atoms with Crippen molar-refractivity contribution in [3.05, 3.63) is 0 Å². The van der Waals surface area contributed by atoms with Crippen LogP contribution in [0.1, 0.15) is 59.3 Å². The lowest BCUT2D eigenvalue weighted by molar-refractivity contribution is -0.131. The molecule has 3 nitrogen and oxygen atoms in total. The first-order valence-electron chi connectivity index (χ1n) is 8.02. The highest BCUT2D eigenvalue weighted by atomic mass is 16.2. The first-order chi connectivity index (χ1) is 9.00. The van der Waals surface area contributed by atoms with E-state index in [2.05, 4.69) is 31.4 Å². The Hall–Kier alpha value is -0.570. The minimum Gasteiger partial charge on any atom is -0.353 e. The molecule has 0 aromatic heterocycles. The first kappa shape index (κ1) is 14.8. The SMILES string of the molecule is CC(NC(=O)C1CCCCC1(C)C)C1CCCNC1. The lowest BCUT2D eigenvalue weighted by Crippen LogP contribution is -2.49. The van der Waals surface area contributed by atoms with Crippen LogP contribution in [0.15, 0.2) is 0 Å². The van der Waals surface area contributed by atoms with Crippen molar-refractivity contribution in [2.45, 2.75) is 65.3 Å². The summed E-state index contributed by atoms with van der Waals surface area (Å²) in [4.78, 5) is 12.5. The van der Waals surface area contributed by atoms with E-state index >= 15 is 0 Å². The summed E-state index contributed by atoms with van der Waals surface area (Å²) in [6, 6.07) is 0.304. The van der Waals surface area contributed by atoms with Crippen molar-refractivity contribution in [2.24, 2.45) is 17.3 Å². The van der Waals surface area contributed by atoms with Crippen molar-refractivity contribution in [3.8, 4) is 0 Å². The zero-order chi connectivity index (χ0) is 13.9. The monoisotopic (exact) mass is 266 g/mol. The van der Waals surface area contributed by atoms with Crippen LogP contribution in [0.5, 0.6) is 0 Å². The lowest BCUT2D eigenvalue weighted by Gasteiger charge is -2.39. The molecule has 19 heavy (non-hydrogen) atoms. The Balaban J connectivity index is 1.88. The van der Waals surface area contributed by atoms with Gasteiger partial charge in [-0.25, -0.2) is 0 Å². The summed E-state index contributed by atoms with van der Waals surface area (Å²) in [6.07, 6.45) is 7.21. The third kappa shape index (κ3) is 3.71. The van der Waals surface area contributed by atoms with Crippen molar-refractivity contribution >= 4 is 5.91 Å². The van der Waals surface area contributed by atoms with E-state index in [1.807, 2.05) is 0 Å². The molecule has 0 aromatic carbocycles. The molecular formula is C16H30N2O. The highest BCUT2D eigenvalue weighted by molar-refractivity contribution is 5.79. The van der Waals surface area contributed by atoms with Crippen LogP contribution in [0, 0.1) is 17.3 Å². The zero-order valence-corrected chi connectivity index (χ0v) is 12.8. The average Bonchev–Trinajstić information content (AvgIpc) is 2.39. The number of hydrogen-bond acceptors (Lipinski definition) is 2. The molecule has 2 fully saturated rings. The van der Waals surface area contributed by atoms with Crippen LogP contribution in [-0.2, 0) is 4.79 Å². The number of amides is 1. The number of carbonyl (C=O) groups is 1. The molecule has 1 amide bonds. The van der Waals surface area contributed by atoms with E-state index < -0.39 is 0 Å². The van der Waals surface area contributed by atoms with Gasteiger partial charge in [0.2, 0.25) is 5.91 Å². The van der Waals surface area contributed by atoms with Crippen LogP contribution in [0.3, 0.4) is 0 Å². The number of hydrogen-bond donors (Lipinski definition) is 2. The molecule has 110 valence electrons. The topological polar surface area (TPSA) is 41.1 Å². The molecule has 2 aliphatic rings. The molecule has 1 saturated heterocycles. The van der Waals surface area contributed by atoms with E-state index in [0.29, 0.717) is 17.9 Å². The molecule has 3 unspecified atom stereocenters. The second-order valence-electron chi connectivity index (χ2n) is 7.19. The van der Waals surface area contributed by atoms with Crippen molar-refractivity contribution in [1.29, 1.82) is 0 Å². The molecule has 3 atom stereocenters. The van der Waals surface area contributed by atoms with Gasteiger partial charge in [0.25, 0.3) is 0 Å². The summed E-state index contributed by atoms with van der Waals surface area (Å²) in [5.74, 6) is 1.10. The number of piperidine rings is 1. The quantitative estimate of drug-likeness (QED) is 0.824. The van der Waals surface area contributed by atoms with Crippen LogP contribution in [0.2, 0.25) is 0 Å². The minimum absolute atomic E-state index is 0.173. The van der Waals surface area contributed by atoms with Crippen molar-refractivity contribution in [1.82, 2.24) is 10.6 Å². The molecule has 1 aliphatic heterocycles. The first-order valence-corrected chi connectivity index (χ1v) is 8.02. The molecule has 1 aliphatic carbocycles. The second kappa shape index (κ2) is 6.25. The van der Waals surface area contributed by atoms with Gasteiger partial charge in [-0.05, 0) is 57.0 Å². The molecule has 2 rings (SSSR count). The van der Waals surface area contributed by atoms with E-state index in [1.54, 1.807) is 0 Å². The molecule has 1 heterocycles. The van der Waals surface area contributed by atoms with Gasteiger partial charge in [0.15, 0.2) is 0 Å². The van der Waals surface area contributed by atoms with E-state index in [4.69, 9.17) is 0 Å². The third-order valence-corrected chi connectivity index (χ3v) is 5.24. The summed E-state index contributed by atoms with van der Waals surface area (Å²) in [7, 11) is 0. The van der Waals surface area contributed by atoms with Crippen LogP contribution in [0.4, 0.5) is 0 Å². The summed E-state index contributed by atoms with van der Waals surface area (Å²) < 4.78 is 0. The van der Waals surface area contributed by atoms with Crippen molar-refractivity contribution in [2.75, 3.05) is 13.1 Å². The van der Waals surface area contributed by atoms with Gasteiger partial charge in [-0.1, -0.05) is 26.7 Å². The summed E-state index contributed by atoms with van der Waals surface area (Å²) >= 11 is 0. The summed E-state index contributed by atoms with van der Waals surface area (Å²) in [5, 5.41) is 6.73. The molecular weight excluding hydrogens is 236 g/mol. The Morgan fingerprint density at radius 1 is 1.26 bits per heavy atom. The molecule has 0 radical (unpaired) electrons. The van der Waals surface area contributed by atoms with E-state index in [1.165, 1.54) is 32.1 Å². The molecule has 0 bridgehead atoms. The fourth-order valence-corrected chi connectivity index (χ4v) is 3.73. The molecule has 2 N–H and O–H groups in total. The normalized spacial score (nSPS) is 32.6. The van der Waals surface area contributed by atoms with Gasteiger partial charge in [0, 0.05) is 12.0 Å². The number of carbonyl (C=O) groups excluding carboxylic acids is 1. The predicted molar refractivity (Wildman–Crippen MR) is 78.9 cm³/mol.